The Balaban J connectivity index is 2.05. The Hall–Kier alpha value is -0.910. The predicted molar refractivity (Wildman–Crippen MR) is 58.6 cm³/mol. The van der Waals surface area contributed by atoms with E-state index in [1.807, 2.05) is 30.3 Å². The molecule has 1 N–H and O–H groups in total. The fourth-order valence-electron chi connectivity index (χ4n) is 1.75. The molecule has 1 aromatic rings. The summed E-state index contributed by atoms with van der Waals surface area (Å²) in [7, 11) is -1.62. The lowest BCUT2D eigenvalue weighted by Gasteiger charge is -2.07. The Bertz CT molecular complexity index is 430. The molecule has 1 heterocycles. The van der Waals surface area contributed by atoms with Crippen LogP contribution in [0.5, 0.6) is 0 Å². The van der Waals surface area contributed by atoms with Gasteiger partial charge in [0.2, 0.25) is 0 Å². The number of nitrogens with zero attached hydrogens (tertiary/aromatic N) is 1. The van der Waals surface area contributed by atoms with Crippen LogP contribution in [-0.2, 0) is 16.6 Å². The molecule has 1 atom stereocenters. The van der Waals surface area contributed by atoms with Crippen molar-refractivity contribution in [1.29, 1.82) is 0 Å². The van der Waals surface area contributed by atoms with Gasteiger partial charge in [0.1, 0.15) is 0 Å². The van der Waals surface area contributed by atoms with Crippen LogP contribution < -0.4 is 4.72 Å². The summed E-state index contributed by atoms with van der Waals surface area (Å²) >= 11 is 0. The van der Waals surface area contributed by atoms with E-state index in [4.69, 9.17) is 0 Å². The molecule has 15 heavy (non-hydrogen) atoms. The largest absolute Gasteiger partial charge is 0.279 e. The Morgan fingerprint density at radius 2 is 2.07 bits per heavy atom. The van der Waals surface area contributed by atoms with Gasteiger partial charge >= 0.3 is 0 Å². The second kappa shape index (κ2) is 3.92. The minimum Gasteiger partial charge on any atom is -0.197 e. The third kappa shape index (κ3) is 2.37. The second-order valence-corrected chi connectivity index (χ2v) is 5.60. The van der Waals surface area contributed by atoms with Crippen LogP contribution in [0.3, 0.4) is 0 Å². The monoisotopic (exact) mass is 226 g/mol. The topological polar surface area (TPSA) is 49.4 Å². The second-order valence-electron chi connectivity index (χ2n) is 3.79. The summed E-state index contributed by atoms with van der Waals surface area (Å²) in [5.74, 6) is 0. The van der Waals surface area contributed by atoms with E-state index in [9.17, 15) is 8.42 Å². The molecule has 1 aliphatic rings. The van der Waals surface area contributed by atoms with Gasteiger partial charge < -0.3 is 0 Å². The van der Waals surface area contributed by atoms with Crippen LogP contribution in [0.15, 0.2) is 30.3 Å². The maximum absolute atomic E-state index is 11.4. The molecule has 1 unspecified atom stereocenters. The van der Waals surface area contributed by atoms with Crippen molar-refractivity contribution in [3.63, 3.8) is 0 Å². The first-order chi connectivity index (χ1) is 7.08. The zero-order valence-corrected chi connectivity index (χ0v) is 9.37. The van der Waals surface area contributed by atoms with Gasteiger partial charge in [-0.15, -0.1) is 0 Å². The molecule has 1 aliphatic heterocycles. The standard InChI is InChI=1S/C10H14N2O2S/c1-12-8-10(11-15(12,13)14)7-9-5-3-2-4-6-9/h2-6,10-11H,7-8H2,1H3. The van der Waals surface area contributed by atoms with E-state index in [-0.39, 0.29) is 6.04 Å². The molecule has 2 rings (SSSR count). The first-order valence-electron chi connectivity index (χ1n) is 4.85. The third-order valence-corrected chi connectivity index (χ3v) is 4.13. The van der Waals surface area contributed by atoms with Gasteiger partial charge in [-0.1, -0.05) is 30.3 Å². The van der Waals surface area contributed by atoms with Gasteiger partial charge in [0.15, 0.2) is 0 Å². The van der Waals surface area contributed by atoms with Crippen LogP contribution in [0.4, 0.5) is 0 Å². The minimum atomic E-state index is -3.21. The lowest BCUT2D eigenvalue weighted by atomic mass is 10.1. The van der Waals surface area contributed by atoms with Gasteiger partial charge in [-0.25, -0.2) is 0 Å². The summed E-state index contributed by atoms with van der Waals surface area (Å²) in [6.45, 7) is 0.539. The van der Waals surface area contributed by atoms with E-state index in [1.54, 1.807) is 7.05 Å². The zero-order valence-electron chi connectivity index (χ0n) is 8.55. The highest BCUT2D eigenvalue weighted by molar-refractivity contribution is 7.87. The molecule has 0 saturated carbocycles. The Morgan fingerprint density at radius 3 is 2.60 bits per heavy atom. The van der Waals surface area contributed by atoms with Crippen LogP contribution in [0.25, 0.3) is 0 Å². The van der Waals surface area contributed by atoms with Crippen molar-refractivity contribution in [2.75, 3.05) is 13.6 Å². The summed E-state index contributed by atoms with van der Waals surface area (Å²) in [6.07, 6.45) is 0.740. The lowest BCUT2D eigenvalue weighted by Crippen LogP contribution is -2.29. The van der Waals surface area contributed by atoms with E-state index < -0.39 is 10.2 Å². The van der Waals surface area contributed by atoms with Crippen molar-refractivity contribution < 1.29 is 8.42 Å². The number of benzene rings is 1. The number of nitrogens with one attached hydrogen (secondary N) is 1. The molecule has 0 aliphatic carbocycles. The van der Waals surface area contributed by atoms with E-state index in [1.165, 1.54) is 4.31 Å². The Labute approximate surface area is 90.1 Å². The van der Waals surface area contributed by atoms with Gasteiger partial charge in [0.25, 0.3) is 10.2 Å². The Kier molecular flexibility index (Phi) is 2.77. The number of rotatable bonds is 2. The van der Waals surface area contributed by atoms with Crippen molar-refractivity contribution >= 4 is 10.2 Å². The van der Waals surface area contributed by atoms with Crippen LogP contribution in [-0.4, -0.2) is 32.4 Å². The molecule has 4 nitrogen and oxygen atoms in total. The minimum absolute atomic E-state index is 0.0117. The highest BCUT2D eigenvalue weighted by Crippen LogP contribution is 2.12. The molecular weight excluding hydrogens is 212 g/mol. The molecule has 0 aromatic heterocycles. The molecule has 0 radical (unpaired) electrons. The molecule has 1 aromatic carbocycles. The summed E-state index contributed by atoms with van der Waals surface area (Å²) in [4.78, 5) is 0. The van der Waals surface area contributed by atoms with Crippen LogP contribution in [0.1, 0.15) is 5.56 Å². The van der Waals surface area contributed by atoms with Crippen molar-refractivity contribution in [2.45, 2.75) is 12.5 Å². The van der Waals surface area contributed by atoms with Gasteiger partial charge in [-0.2, -0.15) is 17.4 Å². The molecule has 0 amide bonds. The van der Waals surface area contributed by atoms with Crippen LogP contribution >= 0.6 is 0 Å². The summed E-state index contributed by atoms with van der Waals surface area (Å²) in [5, 5.41) is 0. The highest BCUT2D eigenvalue weighted by atomic mass is 32.2. The average molecular weight is 226 g/mol. The molecular formula is C10H14N2O2S. The van der Waals surface area contributed by atoms with E-state index in [0.29, 0.717) is 6.54 Å². The fourth-order valence-corrected chi connectivity index (χ4v) is 2.89. The molecule has 82 valence electrons. The smallest absolute Gasteiger partial charge is 0.197 e. The summed E-state index contributed by atoms with van der Waals surface area (Å²) < 4.78 is 26.7. The SMILES string of the molecule is CN1CC(Cc2ccccc2)NS1(=O)=O. The van der Waals surface area contributed by atoms with E-state index in [0.717, 1.165) is 12.0 Å². The first-order valence-corrected chi connectivity index (χ1v) is 6.29. The number of hydrogen-bond donors (Lipinski definition) is 1. The highest BCUT2D eigenvalue weighted by Gasteiger charge is 2.31. The predicted octanol–water partition coefficient (Wildman–Crippen LogP) is 0.378. The quantitative estimate of drug-likeness (QED) is 0.792. The normalized spacial score (nSPS) is 25.5. The third-order valence-electron chi connectivity index (χ3n) is 2.53. The molecule has 0 spiro atoms. The van der Waals surface area contributed by atoms with Crippen LogP contribution in [0.2, 0.25) is 0 Å². The van der Waals surface area contributed by atoms with Crippen molar-refractivity contribution in [3.8, 4) is 0 Å². The Morgan fingerprint density at radius 1 is 1.40 bits per heavy atom. The van der Waals surface area contributed by atoms with Crippen molar-refractivity contribution in [2.24, 2.45) is 0 Å². The maximum atomic E-state index is 11.4. The van der Waals surface area contributed by atoms with Crippen molar-refractivity contribution in [1.82, 2.24) is 9.03 Å². The fraction of sp³-hybridized carbons (Fsp3) is 0.400. The average Bonchev–Trinajstić information content (AvgIpc) is 2.42. The molecule has 0 bridgehead atoms. The van der Waals surface area contributed by atoms with Gasteiger partial charge in [-0.05, 0) is 12.0 Å². The van der Waals surface area contributed by atoms with E-state index in [2.05, 4.69) is 4.72 Å². The number of likely N-dealkylation sites (N-methyl/N-ethyl adjacent to an activating group) is 1. The maximum Gasteiger partial charge on any atom is 0.279 e. The number of hydrogen-bond acceptors (Lipinski definition) is 2. The summed E-state index contributed by atoms with van der Waals surface area (Å²) in [6, 6.07) is 9.88. The summed E-state index contributed by atoms with van der Waals surface area (Å²) in [5.41, 5.74) is 1.15. The van der Waals surface area contributed by atoms with Gasteiger partial charge in [-0.3, -0.25) is 0 Å². The van der Waals surface area contributed by atoms with Gasteiger partial charge in [0, 0.05) is 19.6 Å². The first kappa shape index (κ1) is 10.6. The van der Waals surface area contributed by atoms with Gasteiger partial charge in [0.05, 0.1) is 0 Å². The lowest BCUT2D eigenvalue weighted by molar-refractivity contribution is 0.488. The van der Waals surface area contributed by atoms with Crippen molar-refractivity contribution in [3.05, 3.63) is 35.9 Å². The van der Waals surface area contributed by atoms with E-state index >= 15 is 0 Å². The van der Waals surface area contributed by atoms with Crippen LogP contribution in [0, 0.1) is 0 Å². The zero-order chi connectivity index (χ0) is 10.9. The molecule has 1 fully saturated rings. The molecule has 5 heteroatoms. The molecule has 1 saturated heterocycles.